The van der Waals surface area contributed by atoms with E-state index in [-0.39, 0.29) is 0 Å². The van der Waals surface area contributed by atoms with Gasteiger partial charge in [0.1, 0.15) is 18.0 Å². The van der Waals surface area contributed by atoms with E-state index in [1.807, 2.05) is 31.2 Å². The van der Waals surface area contributed by atoms with Crippen molar-refractivity contribution < 1.29 is 0 Å². The molecule has 2 heterocycles. The van der Waals surface area contributed by atoms with Crippen molar-refractivity contribution in [2.45, 2.75) is 13.3 Å². The number of nitrogens with two attached hydrogens (primary N) is 1. The van der Waals surface area contributed by atoms with Gasteiger partial charge in [0, 0.05) is 0 Å². The lowest BCUT2D eigenvalue weighted by molar-refractivity contribution is 0.815. The highest BCUT2D eigenvalue weighted by Gasteiger charge is 2.14. The van der Waals surface area contributed by atoms with Crippen LogP contribution in [0.25, 0.3) is 0 Å². The SMILES string of the molecule is Cc1cccc(C=NNC2=NN=C(N)Cc3ncnn32)c1. The summed E-state index contributed by atoms with van der Waals surface area (Å²) in [5.41, 5.74) is 10.7. The number of rotatable bonds is 2. The molecule has 1 aromatic carbocycles. The minimum absolute atomic E-state index is 0.354. The molecule has 1 aromatic heterocycles. The molecule has 0 aliphatic carbocycles. The number of amidine groups is 1. The summed E-state index contributed by atoms with van der Waals surface area (Å²) in [5, 5.41) is 16.1. The quantitative estimate of drug-likeness (QED) is 0.608. The smallest absolute Gasteiger partial charge is 0.266 e. The fraction of sp³-hybridized carbons (Fsp3) is 0.154. The zero-order chi connectivity index (χ0) is 14.7. The van der Waals surface area contributed by atoms with Crippen molar-refractivity contribution >= 4 is 18.0 Å². The van der Waals surface area contributed by atoms with Crippen LogP contribution >= 0.6 is 0 Å². The summed E-state index contributed by atoms with van der Waals surface area (Å²) in [6, 6.07) is 7.99. The van der Waals surface area contributed by atoms with Crippen LogP contribution in [0, 0.1) is 6.92 Å². The predicted molar refractivity (Wildman–Crippen MR) is 80.1 cm³/mol. The van der Waals surface area contributed by atoms with Crippen LogP contribution in [-0.4, -0.2) is 32.8 Å². The van der Waals surface area contributed by atoms with Gasteiger partial charge in [0.05, 0.1) is 12.6 Å². The normalized spacial score (nSPS) is 14.3. The maximum Gasteiger partial charge on any atom is 0.266 e. The molecule has 106 valence electrons. The summed E-state index contributed by atoms with van der Waals surface area (Å²) < 4.78 is 1.52. The van der Waals surface area contributed by atoms with E-state index in [0.717, 1.165) is 5.56 Å². The Labute approximate surface area is 121 Å². The summed E-state index contributed by atoms with van der Waals surface area (Å²) >= 11 is 0. The Morgan fingerprint density at radius 3 is 3.14 bits per heavy atom. The van der Waals surface area contributed by atoms with Crippen LogP contribution in [-0.2, 0) is 6.42 Å². The van der Waals surface area contributed by atoms with Gasteiger partial charge in [-0.1, -0.05) is 29.8 Å². The van der Waals surface area contributed by atoms with Crippen molar-refractivity contribution in [2.75, 3.05) is 0 Å². The summed E-state index contributed by atoms with van der Waals surface area (Å²) in [7, 11) is 0. The molecule has 0 fully saturated rings. The van der Waals surface area contributed by atoms with E-state index in [0.29, 0.717) is 24.0 Å². The topological polar surface area (TPSA) is 106 Å². The van der Waals surface area contributed by atoms with E-state index in [1.165, 1.54) is 16.6 Å². The van der Waals surface area contributed by atoms with Crippen LogP contribution in [0.2, 0.25) is 0 Å². The number of aromatic nitrogens is 3. The molecule has 0 unspecified atom stereocenters. The van der Waals surface area contributed by atoms with Gasteiger partial charge in [-0.25, -0.2) is 10.4 Å². The van der Waals surface area contributed by atoms with E-state index in [1.54, 1.807) is 6.21 Å². The molecule has 3 rings (SSSR count). The molecule has 8 nitrogen and oxygen atoms in total. The Bertz CT molecular complexity index is 740. The molecule has 0 saturated carbocycles. The zero-order valence-electron chi connectivity index (χ0n) is 11.4. The first-order valence-electron chi connectivity index (χ1n) is 6.37. The van der Waals surface area contributed by atoms with Crippen molar-refractivity contribution in [1.82, 2.24) is 20.2 Å². The lowest BCUT2D eigenvalue weighted by Crippen LogP contribution is -2.28. The van der Waals surface area contributed by atoms with E-state index >= 15 is 0 Å². The molecule has 2 aromatic rings. The zero-order valence-corrected chi connectivity index (χ0v) is 11.4. The summed E-state index contributed by atoms with van der Waals surface area (Å²) in [5.74, 6) is 1.39. The molecule has 0 radical (unpaired) electrons. The lowest BCUT2D eigenvalue weighted by Gasteiger charge is -2.04. The van der Waals surface area contributed by atoms with Crippen molar-refractivity contribution in [3.8, 4) is 0 Å². The van der Waals surface area contributed by atoms with Crippen molar-refractivity contribution in [3.63, 3.8) is 0 Å². The van der Waals surface area contributed by atoms with Crippen LogP contribution in [0.1, 0.15) is 17.0 Å². The second-order valence-electron chi connectivity index (χ2n) is 4.56. The number of nitrogens with one attached hydrogen (secondary N) is 1. The van der Waals surface area contributed by atoms with Crippen molar-refractivity contribution in [2.24, 2.45) is 21.0 Å². The first kappa shape index (κ1) is 13.0. The van der Waals surface area contributed by atoms with Gasteiger partial charge in [-0.05, 0) is 12.5 Å². The molecular formula is C13H14N8. The van der Waals surface area contributed by atoms with Gasteiger partial charge in [0.2, 0.25) is 0 Å². The molecule has 1 aliphatic heterocycles. The Kier molecular flexibility index (Phi) is 3.42. The maximum absolute atomic E-state index is 5.70. The Morgan fingerprint density at radius 2 is 2.29 bits per heavy atom. The second-order valence-corrected chi connectivity index (χ2v) is 4.56. The van der Waals surface area contributed by atoms with Gasteiger partial charge >= 0.3 is 0 Å². The molecule has 0 bridgehead atoms. The fourth-order valence-corrected chi connectivity index (χ4v) is 1.90. The van der Waals surface area contributed by atoms with Gasteiger partial charge in [-0.2, -0.15) is 14.9 Å². The third-order valence-corrected chi connectivity index (χ3v) is 2.85. The molecule has 8 heteroatoms. The van der Waals surface area contributed by atoms with Crippen LogP contribution in [0.5, 0.6) is 0 Å². The Morgan fingerprint density at radius 1 is 1.38 bits per heavy atom. The summed E-state index contributed by atoms with van der Waals surface area (Å²) in [4.78, 5) is 4.11. The number of nitrogens with zero attached hydrogens (tertiary/aromatic N) is 6. The van der Waals surface area contributed by atoms with E-state index in [4.69, 9.17) is 5.73 Å². The third-order valence-electron chi connectivity index (χ3n) is 2.85. The van der Waals surface area contributed by atoms with Crippen LogP contribution in [0.15, 0.2) is 45.9 Å². The lowest BCUT2D eigenvalue weighted by atomic mass is 10.2. The number of hydrazone groups is 1. The summed E-state index contributed by atoms with van der Waals surface area (Å²) in [6.45, 7) is 2.03. The van der Waals surface area contributed by atoms with Gasteiger partial charge in [-0.15, -0.1) is 10.2 Å². The first-order valence-corrected chi connectivity index (χ1v) is 6.37. The molecule has 0 spiro atoms. The number of aryl methyl sites for hydroxylation is 1. The highest BCUT2D eigenvalue weighted by Crippen LogP contribution is 2.02. The second kappa shape index (κ2) is 5.53. The van der Waals surface area contributed by atoms with Crippen molar-refractivity contribution in [3.05, 3.63) is 47.5 Å². The van der Waals surface area contributed by atoms with Gasteiger partial charge < -0.3 is 5.73 Å². The first-order chi connectivity index (χ1) is 10.2. The van der Waals surface area contributed by atoms with Gasteiger partial charge in [-0.3, -0.25) is 0 Å². The van der Waals surface area contributed by atoms with Crippen LogP contribution < -0.4 is 11.2 Å². The van der Waals surface area contributed by atoms with Gasteiger partial charge in [0.15, 0.2) is 0 Å². The number of hydrogen-bond donors (Lipinski definition) is 2. The molecule has 0 atom stereocenters. The van der Waals surface area contributed by atoms with Crippen LogP contribution in [0.3, 0.4) is 0 Å². The van der Waals surface area contributed by atoms with E-state index < -0.39 is 0 Å². The Balaban J connectivity index is 1.79. The van der Waals surface area contributed by atoms with E-state index in [9.17, 15) is 0 Å². The van der Waals surface area contributed by atoms with E-state index in [2.05, 4.69) is 30.8 Å². The average Bonchev–Trinajstić information content (AvgIpc) is 2.85. The third kappa shape index (κ3) is 2.94. The highest BCUT2D eigenvalue weighted by molar-refractivity contribution is 5.89. The number of benzene rings is 1. The minimum atomic E-state index is 0.354. The monoisotopic (exact) mass is 282 g/mol. The number of fused-ring (bicyclic) bond motifs is 1. The largest absolute Gasteiger partial charge is 0.385 e. The minimum Gasteiger partial charge on any atom is -0.385 e. The molecule has 3 N–H and O–H groups in total. The van der Waals surface area contributed by atoms with Crippen LogP contribution in [0.4, 0.5) is 0 Å². The molecule has 0 amide bonds. The average molecular weight is 282 g/mol. The standard InChI is InChI=1S/C13H14N8/c1-9-3-2-4-10(5-9)7-16-19-13-20-18-11(14)6-12-15-8-17-21(12)13/h2-5,7-8H,6H2,1H3,(H2,14,18)(H,19,20). The molecular weight excluding hydrogens is 268 g/mol. The molecule has 21 heavy (non-hydrogen) atoms. The predicted octanol–water partition coefficient (Wildman–Crippen LogP) is 0.243. The van der Waals surface area contributed by atoms with Gasteiger partial charge in [0.25, 0.3) is 5.96 Å². The maximum atomic E-state index is 5.70. The fourth-order valence-electron chi connectivity index (χ4n) is 1.90. The molecule has 1 aliphatic rings. The van der Waals surface area contributed by atoms with Crippen molar-refractivity contribution in [1.29, 1.82) is 0 Å². The Hall–Kier alpha value is -3.03. The number of hydrogen-bond acceptors (Lipinski definition) is 7. The summed E-state index contributed by atoms with van der Waals surface area (Å²) in [6.07, 6.45) is 3.54. The molecule has 0 saturated heterocycles. The highest BCUT2D eigenvalue weighted by atomic mass is 15.5.